The second kappa shape index (κ2) is 7.59. The fourth-order valence-corrected chi connectivity index (χ4v) is 3.47. The van der Waals surface area contributed by atoms with Crippen molar-refractivity contribution in [1.29, 1.82) is 0 Å². The van der Waals surface area contributed by atoms with E-state index in [1.165, 1.54) is 11.3 Å². The van der Waals surface area contributed by atoms with Gasteiger partial charge in [-0.1, -0.05) is 18.2 Å². The largest absolute Gasteiger partial charge is 0.369 e. The number of anilines is 1. The Balaban J connectivity index is 1.43. The molecule has 1 saturated heterocycles. The van der Waals surface area contributed by atoms with Crippen molar-refractivity contribution in [3.8, 4) is 0 Å². The Kier molecular flexibility index (Phi) is 5.26. The number of rotatable bonds is 5. The van der Waals surface area contributed by atoms with Crippen LogP contribution in [0.25, 0.3) is 0 Å². The smallest absolute Gasteiger partial charge is 0.315 e. The van der Waals surface area contributed by atoms with Crippen LogP contribution in [0.15, 0.2) is 30.3 Å². The highest BCUT2D eigenvalue weighted by atomic mass is 16.2. The molecule has 134 valence electrons. The van der Waals surface area contributed by atoms with Gasteiger partial charge < -0.3 is 15.5 Å². The van der Waals surface area contributed by atoms with Gasteiger partial charge in [-0.2, -0.15) is 5.10 Å². The highest BCUT2D eigenvalue weighted by Gasteiger charge is 2.23. The molecule has 1 aliphatic heterocycles. The molecule has 2 amide bonds. The second-order valence-electron chi connectivity index (χ2n) is 6.69. The number of benzene rings is 1. The van der Waals surface area contributed by atoms with Gasteiger partial charge in [-0.05, 0) is 44.4 Å². The lowest BCUT2D eigenvalue weighted by atomic mass is 10.1. The van der Waals surface area contributed by atoms with E-state index in [0.717, 1.165) is 37.3 Å². The van der Waals surface area contributed by atoms with Crippen LogP contribution in [0.3, 0.4) is 0 Å². The molecule has 6 heteroatoms. The van der Waals surface area contributed by atoms with E-state index in [0.29, 0.717) is 6.54 Å². The molecule has 1 fully saturated rings. The molecule has 1 aliphatic rings. The molecular weight excluding hydrogens is 314 g/mol. The Morgan fingerprint density at radius 1 is 1.28 bits per heavy atom. The molecule has 6 nitrogen and oxygen atoms in total. The van der Waals surface area contributed by atoms with Crippen LogP contribution in [0.5, 0.6) is 0 Å². The summed E-state index contributed by atoms with van der Waals surface area (Å²) in [5.41, 5.74) is 4.64. The molecule has 0 bridgehead atoms. The Morgan fingerprint density at radius 3 is 2.72 bits per heavy atom. The average Bonchev–Trinajstić information content (AvgIpc) is 3.15. The fraction of sp³-hybridized carbons (Fsp3) is 0.474. The Hall–Kier alpha value is -2.50. The van der Waals surface area contributed by atoms with E-state index in [1.807, 2.05) is 36.9 Å². The average molecular weight is 341 g/mol. The molecule has 0 unspecified atom stereocenters. The molecule has 2 heterocycles. The first kappa shape index (κ1) is 17.3. The number of para-hydroxylation sites is 1. The summed E-state index contributed by atoms with van der Waals surface area (Å²) in [6.45, 7) is 6.53. The van der Waals surface area contributed by atoms with Crippen LogP contribution in [0.4, 0.5) is 10.5 Å². The van der Waals surface area contributed by atoms with E-state index in [2.05, 4.69) is 39.7 Å². The van der Waals surface area contributed by atoms with E-state index >= 15 is 0 Å². The number of urea groups is 1. The van der Waals surface area contributed by atoms with Crippen LogP contribution < -0.4 is 15.5 Å². The van der Waals surface area contributed by atoms with Crippen molar-refractivity contribution in [2.24, 2.45) is 7.05 Å². The first-order valence-electron chi connectivity index (χ1n) is 8.88. The number of aryl methyl sites for hydroxylation is 2. The third-order valence-electron chi connectivity index (χ3n) is 4.96. The number of carbonyl (C=O) groups is 1. The zero-order valence-electron chi connectivity index (χ0n) is 15.2. The summed E-state index contributed by atoms with van der Waals surface area (Å²) in [4.78, 5) is 14.5. The Morgan fingerprint density at radius 2 is 2.04 bits per heavy atom. The van der Waals surface area contributed by atoms with Gasteiger partial charge in [0.15, 0.2) is 0 Å². The lowest BCUT2D eigenvalue weighted by molar-refractivity contribution is 0.238. The topological polar surface area (TPSA) is 62.2 Å². The Bertz CT molecular complexity index is 725. The molecule has 25 heavy (non-hydrogen) atoms. The minimum atomic E-state index is -0.0842. The van der Waals surface area contributed by atoms with Crippen LogP contribution in [-0.2, 0) is 13.5 Å². The third-order valence-corrected chi connectivity index (χ3v) is 4.96. The van der Waals surface area contributed by atoms with Crippen molar-refractivity contribution in [2.45, 2.75) is 32.7 Å². The summed E-state index contributed by atoms with van der Waals surface area (Å²) in [6, 6.07) is 10.5. The van der Waals surface area contributed by atoms with Gasteiger partial charge in [-0.25, -0.2) is 4.79 Å². The molecule has 3 rings (SSSR count). The number of hydrogen-bond donors (Lipinski definition) is 2. The minimum absolute atomic E-state index is 0.0842. The van der Waals surface area contributed by atoms with E-state index in [-0.39, 0.29) is 12.1 Å². The first-order valence-corrected chi connectivity index (χ1v) is 8.88. The SMILES string of the molecule is Cc1nn(C)c(C)c1CCNC(=O)N[C@@H]1CCN(c2ccccc2)C1. The maximum atomic E-state index is 12.1. The normalized spacial score (nSPS) is 16.9. The molecule has 0 spiro atoms. The van der Waals surface area contributed by atoms with E-state index < -0.39 is 0 Å². The van der Waals surface area contributed by atoms with Gasteiger partial charge in [0, 0.05) is 44.1 Å². The van der Waals surface area contributed by atoms with Crippen molar-refractivity contribution < 1.29 is 4.79 Å². The lowest BCUT2D eigenvalue weighted by Gasteiger charge is -2.19. The maximum Gasteiger partial charge on any atom is 0.315 e. The highest BCUT2D eigenvalue weighted by Crippen LogP contribution is 2.19. The zero-order chi connectivity index (χ0) is 17.8. The van der Waals surface area contributed by atoms with Crippen LogP contribution in [0, 0.1) is 13.8 Å². The van der Waals surface area contributed by atoms with Gasteiger partial charge in [0.1, 0.15) is 0 Å². The Labute approximate surface area is 149 Å². The van der Waals surface area contributed by atoms with E-state index in [4.69, 9.17) is 0 Å². The van der Waals surface area contributed by atoms with Crippen molar-refractivity contribution in [3.63, 3.8) is 0 Å². The molecule has 2 N–H and O–H groups in total. The van der Waals surface area contributed by atoms with Gasteiger partial charge in [0.25, 0.3) is 0 Å². The van der Waals surface area contributed by atoms with Crippen LogP contribution in [-0.4, -0.2) is 41.5 Å². The lowest BCUT2D eigenvalue weighted by Crippen LogP contribution is -2.44. The zero-order valence-corrected chi connectivity index (χ0v) is 15.2. The summed E-state index contributed by atoms with van der Waals surface area (Å²) in [5.74, 6) is 0. The van der Waals surface area contributed by atoms with Gasteiger partial charge in [-0.15, -0.1) is 0 Å². The van der Waals surface area contributed by atoms with Crippen molar-refractivity contribution in [3.05, 3.63) is 47.3 Å². The van der Waals surface area contributed by atoms with E-state index in [1.54, 1.807) is 0 Å². The van der Waals surface area contributed by atoms with Crippen LogP contribution >= 0.6 is 0 Å². The molecular formula is C19H27N5O. The molecule has 0 saturated carbocycles. The fourth-order valence-electron chi connectivity index (χ4n) is 3.47. The highest BCUT2D eigenvalue weighted by molar-refractivity contribution is 5.74. The van der Waals surface area contributed by atoms with Crippen molar-refractivity contribution in [1.82, 2.24) is 20.4 Å². The molecule has 1 atom stereocenters. The van der Waals surface area contributed by atoms with Gasteiger partial charge >= 0.3 is 6.03 Å². The standard InChI is InChI=1S/C19H27N5O/c1-14-18(15(2)23(3)22-14)9-11-20-19(25)21-16-10-12-24(13-16)17-7-5-4-6-8-17/h4-8,16H,9-13H2,1-3H3,(H2,20,21,25)/t16-/m1/s1. The van der Waals surface area contributed by atoms with Gasteiger partial charge in [0.05, 0.1) is 5.69 Å². The number of nitrogens with zero attached hydrogens (tertiary/aromatic N) is 3. The summed E-state index contributed by atoms with van der Waals surface area (Å²) < 4.78 is 1.89. The number of carbonyl (C=O) groups excluding carboxylic acids is 1. The molecule has 2 aromatic rings. The monoisotopic (exact) mass is 341 g/mol. The minimum Gasteiger partial charge on any atom is -0.369 e. The predicted molar refractivity (Wildman–Crippen MR) is 100.0 cm³/mol. The van der Waals surface area contributed by atoms with Crippen LogP contribution in [0.2, 0.25) is 0 Å². The molecule has 0 radical (unpaired) electrons. The third kappa shape index (κ3) is 4.13. The second-order valence-corrected chi connectivity index (χ2v) is 6.69. The van der Waals surface area contributed by atoms with E-state index in [9.17, 15) is 4.79 Å². The number of nitrogens with one attached hydrogen (secondary N) is 2. The summed E-state index contributed by atoms with van der Waals surface area (Å²) >= 11 is 0. The first-order chi connectivity index (χ1) is 12.0. The van der Waals surface area contributed by atoms with Crippen molar-refractivity contribution in [2.75, 3.05) is 24.5 Å². The summed E-state index contributed by atoms with van der Waals surface area (Å²) in [7, 11) is 1.95. The van der Waals surface area contributed by atoms with Crippen molar-refractivity contribution >= 4 is 11.7 Å². The number of amides is 2. The van der Waals surface area contributed by atoms with Gasteiger partial charge in [-0.3, -0.25) is 4.68 Å². The molecule has 1 aromatic carbocycles. The number of hydrogen-bond acceptors (Lipinski definition) is 3. The maximum absolute atomic E-state index is 12.1. The quantitative estimate of drug-likeness (QED) is 0.876. The molecule has 0 aliphatic carbocycles. The summed E-state index contributed by atoms with van der Waals surface area (Å²) in [5, 5.41) is 10.5. The predicted octanol–water partition coefficient (Wildman–Crippen LogP) is 2.16. The molecule has 1 aromatic heterocycles. The number of aromatic nitrogens is 2. The van der Waals surface area contributed by atoms with Gasteiger partial charge in [0.2, 0.25) is 0 Å². The van der Waals surface area contributed by atoms with Crippen LogP contribution in [0.1, 0.15) is 23.4 Å². The summed E-state index contributed by atoms with van der Waals surface area (Å²) in [6.07, 6.45) is 1.78.